The minimum atomic E-state index is -3.51. The number of amides is 1. The lowest BCUT2D eigenvalue weighted by Crippen LogP contribution is -2.32. The lowest BCUT2D eigenvalue weighted by atomic mass is 10.2. The van der Waals surface area contributed by atoms with Crippen LogP contribution >= 0.6 is 11.6 Å². The molecule has 1 fully saturated rings. The zero-order valence-corrected chi connectivity index (χ0v) is 18.6. The Morgan fingerprint density at radius 2 is 1.63 bits per heavy atom. The number of benzene rings is 2. The maximum Gasteiger partial charge on any atom is 0.265 e. The lowest BCUT2D eigenvalue weighted by molar-refractivity contribution is -0.122. The van der Waals surface area contributed by atoms with Crippen molar-refractivity contribution in [3.8, 4) is 5.75 Å². The van der Waals surface area contributed by atoms with Gasteiger partial charge in [0.15, 0.2) is 6.10 Å². The molecule has 0 bridgehead atoms. The summed E-state index contributed by atoms with van der Waals surface area (Å²) in [6.45, 7) is 2.97. The molecule has 6 nitrogen and oxygen atoms in total. The molecule has 1 aliphatic heterocycles. The zero-order chi connectivity index (χ0) is 21.6. The van der Waals surface area contributed by atoms with Crippen LogP contribution < -0.4 is 10.1 Å². The van der Waals surface area contributed by atoms with Crippen LogP contribution in [0.5, 0.6) is 5.75 Å². The highest BCUT2D eigenvalue weighted by Crippen LogP contribution is 2.22. The average Bonchev–Trinajstić information content (AvgIpc) is 3.04. The van der Waals surface area contributed by atoms with Crippen molar-refractivity contribution in [3.63, 3.8) is 0 Å². The van der Waals surface area contributed by atoms with Crippen molar-refractivity contribution in [3.05, 3.63) is 53.6 Å². The predicted molar refractivity (Wildman–Crippen MR) is 118 cm³/mol. The molecule has 1 atom stereocenters. The Balaban J connectivity index is 1.65. The first kappa shape index (κ1) is 22.6. The van der Waals surface area contributed by atoms with E-state index in [1.54, 1.807) is 40.7 Å². The summed E-state index contributed by atoms with van der Waals surface area (Å²) < 4.78 is 33.0. The third kappa shape index (κ3) is 5.74. The highest BCUT2D eigenvalue weighted by atomic mass is 35.5. The number of sulfonamides is 1. The lowest BCUT2D eigenvalue weighted by Gasteiger charge is -2.20. The number of anilines is 1. The third-order valence-electron chi connectivity index (χ3n) is 5.08. The number of rotatable bonds is 7. The summed E-state index contributed by atoms with van der Waals surface area (Å²) in [6, 6.07) is 13.1. The second kappa shape index (κ2) is 10.3. The molecular formula is C22H27ClN2O4S. The molecule has 0 radical (unpaired) electrons. The SMILES string of the molecule is CC[C@@H](Oc1ccc(Cl)cc1)C(=O)Nc1ccc(S(=O)(=O)N2CCCCCC2)cc1. The summed E-state index contributed by atoms with van der Waals surface area (Å²) in [5, 5.41) is 3.39. The molecule has 0 spiro atoms. The van der Waals surface area contributed by atoms with Gasteiger partial charge in [0.25, 0.3) is 5.91 Å². The molecule has 0 aliphatic carbocycles. The molecule has 1 aliphatic rings. The second-order valence-corrected chi connectivity index (χ2v) is 9.67. The molecule has 0 unspecified atom stereocenters. The molecule has 3 rings (SSSR count). The summed E-state index contributed by atoms with van der Waals surface area (Å²) in [7, 11) is -3.51. The van der Waals surface area contributed by atoms with Gasteiger partial charge in [-0.25, -0.2) is 8.42 Å². The van der Waals surface area contributed by atoms with Gasteiger partial charge in [-0.1, -0.05) is 31.4 Å². The van der Waals surface area contributed by atoms with Gasteiger partial charge in [-0.15, -0.1) is 0 Å². The van der Waals surface area contributed by atoms with E-state index in [0.29, 0.717) is 36.0 Å². The van der Waals surface area contributed by atoms with Crippen LogP contribution in [0.15, 0.2) is 53.4 Å². The number of hydrogen-bond donors (Lipinski definition) is 1. The second-order valence-electron chi connectivity index (χ2n) is 7.30. The number of hydrogen-bond acceptors (Lipinski definition) is 4. The van der Waals surface area contributed by atoms with E-state index in [1.165, 1.54) is 12.1 Å². The van der Waals surface area contributed by atoms with Gasteiger partial charge in [0, 0.05) is 23.8 Å². The molecule has 2 aromatic carbocycles. The Morgan fingerprint density at radius 1 is 1.03 bits per heavy atom. The third-order valence-corrected chi connectivity index (χ3v) is 7.24. The molecule has 30 heavy (non-hydrogen) atoms. The number of nitrogens with zero attached hydrogens (tertiary/aromatic N) is 1. The zero-order valence-electron chi connectivity index (χ0n) is 17.0. The predicted octanol–water partition coefficient (Wildman–Crippen LogP) is 4.70. The Kier molecular flexibility index (Phi) is 7.75. The molecule has 162 valence electrons. The van der Waals surface area contributed by atoms with Crippen LogP contribution in [0.1, 0.15) is 39.0 Å². The highest BCUT2D eigenvalue weighted by Gasteiger charge is 2.25. The van der Waals surface area contributed by atoms with E-state index in [-0.39, 0.29) is 10.8 Å². The fraction of sp³-hybridized carbons (Fsp3) is 0.409. The van der Waals surface area contributed by atoms with E-state index < -0.39 is 16.1 Å². The minimum Gasteiger partial charge on any atom is -0.481 e. The number of carbonyl (C=O) groups excluding carboxylic acids is 1. The van der Waals surface area contributed by atoms with Crippen molar-refractivity contribution in [2.45, 2.75) is 50.0 Å². The molecule has 1 saturated heterocycles. The van der Waals surface area contributed by atoms with Crippen molar-refractivity contribution in [2.75, 3.05) is 18.4 Å². The van der Waals surface area contributed by atoms with Crippen LogP contribution in [-0.2, 0) is 14.8 Å². The molecule has 0 aromatic heterocycles. The molecule has 1 N–H and O–H groups in total. The van der Waals surface area contributed by atoms with Gasteiger partial charge in [0.05, 0.1) is 4.90 Å². The number of ether oxygens (including phenoxy) is 1. The van der Waals surface area contributed by atoms with Crippen LogP contribution in [0.3, 0.4) is 0 Å². The molecule has 2 aromatic rings. The van der Waals surface area contributed by atoms with Crippen molar-refractivity contribution in [2.24, 2.45) is 0 Å². The van der Waals surface area contributed by atoms with E-state index in [1.807, 2.05) is 6.92 Å². The quantitative estimate of drug-likeness (QED) is 0.663. The van der Waals surface area contributed by atoms with Crippen LogP contribution in [0, 0.1) is 0 Å². The van der Waals surface area contributed by atoms with Crippen LogP contribution in [0.4, 0.5) is 5.69 Å². The topological polar surface area (TPSA) is 75.7 Å². The van der Waals surface area contributed by atoms with E-state index in [0.717, 1.165) is 25.7 Å². The summed E-state index contributed by atoms with van der Waals surface area (Å²) in [5.41, 5.74) is 0.521. The summed E-state index contributed by atoms with van der Waals surface area (Å²) in [6.07, 6.45) is 3.71. The number of carbonyl (C=O) groups is 1. The van der Waals surface area contributed by atoms with Crippen molar-refractivity contribution >= 4 is 33.2 Å². The first-order valence-electron chi connectivity index (χ1n) is 10.2. The average molecular weight is 451 g/mol. The minimum absolute atomic E-state index is 0.242. The fourth-order valence-electron chi connectivity index (χ4n) is 3.36. The maximum atomic E-state index is 12.9. The summed E-state index contributed by atoms with van der Waals surface area (Å²) in [5.74, 6) is 0.260. The van der Waals surface area contributed by atoms with Gasteiger partial charge >= 0.3 is 0 Å². The van der Waals surface area contributed by atoms with Gasteiger partial charge in [-0.2, -0.15) is 4.31 Å². The first-order chi connectivity index (χ1) is 14.4. The van der Waals surface area contributed by atoms with E-state index in [9.17, 15) is 13.2 Å². The Labute approximate surface area is 183 Å². The monoisotopic (exact) mass is 450 g/mol. The van der Waals surface area contributed by atoms with Gasteiger partial charge in [-0.3, -0.25) is 4.79 Å². The number of nitrogens with one attached hydrogen (secondary N) is 1. The fourth-order valence-corrected chi connectivity index (χ4v) is 5.01. The van der Waals surface area contributed by atoms with Crippen molar-refractivity contribution < 1.29 is 17.9 Å². The molecule has 8 heteroatoms. The van der Waals surface area contributed by atoms with E-state index in [2.05, 4.69) is 5.32 Å². The van der Waals surface area contributed by atoms with Gasteiger partial charge in [0.1, 0.15) is 5.75 Å². The van der Waals surface area contributed by atoms with Gasteiger partial charge < -0.3 is 10.1 Å². The number of halogens is 1. The molecule has 1 amide bonds. The largest absolute Gasteiger partial charge is 0.481 e. The molecule has 0 saturated carbocycles. The molecule has 1 heterocycles. The van der Waals surface area contributed by atoms with E-state index in [4.69, 9.17) is 16.3 Å². The Hall–Kier alpha value is -2.09. The standard InChI is InChI=1S/C22H27ClN2O4S/c1-2-21(29-19-11-7-17(23)8-12-19)22(26)24-18-9-13-20(14-10-18)30(27,28)25-15-5-3-4-6-16-25/h7-14,21H,2-6,15-16H2,1H3,(H,24,26)/t21-/m1/s1. The molecular weight excluding hydrogens is 424 g/mol. The van der Waals surface area contributed by atoms with Crippen molar-refractivity contribution in [1.82, 2.24) is 4.31 Å². The smallest absolute Gasteiger partial charge is 0.265 e. The van der Waals surface area contributed by atoms with Crippen LogP contribution in [-0.4, -0.2) is 37.8 Å². The summed E-state index contributed by atoms with van der Waals surface area (Å²) in [4.78, 5) is 12.8. The van der Waals surface area contributed by atoms with Gasteiger partial charge in [-0.05, 0) is 67.8 Å². The van der Waals surface area contributed by atoms with Crippen molar-refractivity contribution in [1.29, 1.82) is 0 Å². The maximum absolute atomic E-state index is 12.9. The van der Waals surface area contributed by atoms with E-state index >= 15 is 0 Å². The highest BCUT2D eigenvalue weighted by molar-refractivity contribution is 7.89. The Morgan fingerprint density at radius 3 is 2.20 bits per heavy atom. The summed E-state index contributed by atoms with van der Waals surface area (Å²) >= 11 is 5.87. The Bertz CT molecular complexity index is 938. The van der Waals surface area contributed by atoms with Crippen LogP contribution in [0.25, 0.3) is 0 Å². The first-order valence-corrected chi connectivity index (χ1v) is 12.1. The van der Waals surface area contributed by atoms with Gasteiger partial charge in [0.2, 0.25) is 10.0 Å². The normalized spacial score (nSPS) is 16.5. The van der Waals surface area contributed by atoms with Crippen LogP contribution in [0.2, 0.25) is 5.02 Å².